The minimum Gasteiger partial charge on any atom is -0.506 e. The fraction of sp³-hybridized carbons (Fsp3) is 0.474. The molecule has 1 amide bonds. The molecule has 0 aromatic carbocycles. The molecular weight excluding hydrogens is 407 g/mol. The van der Waals surface area contributed by atoms with Crippen molar-refractivity contribution in [2.75, 3.05) is 6.54 Å². The average Bonchev–Trinajstić information content (AvgIpc) is 2.69. The number of fused-ring (bicyclic) bond motifs is 1. The van der Waals surface area contributed by atoms with Crippen molar-refractivity contribution in [3.8, 4) is 5.75 Å². The second-order valence-corrected chi connectivity index (χ2v) is 7.29. The van der Waals surface area contributed by atoms with Crippen LogP contribution >= 0.6 is 0 Å². The number of rotatable bonds is 4. The number of hydrogen-bond acceptors (Lipinski definition) is 5. The molecule has 8 nitrogen and oxygen atoms in total. The van der Waals surface area contributed by atoms with Gasteiger partial charge in [-0.1, -0.05) is 19.3 Å². The van der Waals surface area contributed by atoms with Crippen LogP contribution in [0.5, 0.6) is 5.75 Å². The molecule has 2 aromatic heterocycles. The van der Waals surface area contributed by atoms with E-state index in [-0.39, 0.29) is 10.9 Å². The summed E-state index contributed by atoms with van der Waals surface area (Å²) in [5, 5.41) is 21.0. The molecule has 162 valence electrons. The molecule has 0 radical (unpaired) electrons. The lowest BCUT2D eigenvalue weighted by Gasteiger charge is -2.25. The van der Waals surface area contributed by atoms with E-state index in [9.17, 15) is 32.7 Å². The molecule has 0 aliphatic heterocycles. The zero-order valence-electron chi connectivity index (χ0n) is 16.0. The monoisotopic (exact) mass is 427 g/mol. The van der Waals surface area contributed by atoms with Gasteiger partial charge in [-0.15, -0.1) is 0 Å². The van der Waals surface area contributed by atoms with Crippen LogP contribution in [0.2, 0.25) is 0 Å². The summed E-state index contributed by atoms with van der Waals surface area (Å²) >= 11 is 0. The third-order valence-electron chi connectivity index (χ3n) is 5.30. The number of carbonyl (C=O) groups excluding carboxylic acids is 1. The maximum atomic E-state index is 13.7. The summed E-state index contributed by atoms with van der Waals surface area (Å²) in [6, 6.07) is 1.14. The SMILES string of the molecule is Cn1c(=O)c(C(=O)NCC(=O)O)c(O)c2cc(C3CCCCC3)c(C(F)(F)F)nc21. The van der Waals surface area contributed by atoms with Gasteiger partial charge in [0, 0.05) is 7.05 Å². The number of aromatic hydroxyl groups is 1. The Balaban J connectivity index is 2.26. The number of pyridine rings is 2. The highest BCUT2D eigenvalue weighted by atomic mass is 19.4. The number of nitrogens with one attached hydrogen (secondary N) is 1. The van der Waals surface area contributed by atoms with E-state index in [1.807, 2.05) is 5.32 Å². The molecule has 0 atom stereocenters. The van der Waals surface area contributed by atoms with Gasteiger partial charge in [0.05, 0.1) is 5.39 Å². The summed E-state index contributed by atoms with van der Waals surface area (Å²) in [5.41, 5.74) is -3.45. The van der Waals surface area contributed by atoms with Gasteiger partial charge in [0.1, 0.15) is 29.2 Å². The first-order chi connectivity index (χ1) is 14.0. The van der Waals surface area contributed by atoms with Crippen molar-refractivity contribution < 1.29 is 33.0 Å². The highest BCUT2D eigenvalue weighted by molar-refractivity contribution is 6.02. The van der Waals surface area contributed by atoms with Gasteiger partial charge in [0.25, 0.3) is 11.5 Å². The van der Waals surface area contributed by atoms with Crippen LogP contribution in [0.3, 0.4) is 0 Å². The number of nitrogens with zero attached hydrogens (tertiary/aromatic N) is 2. The Morgan fingerprint density at radius 3 is 2.47 bits per heavy atom. The fourth-order valence-corrected chi connectivity index (χ4v) is 3.85. The Morgan fingerprint density at radius 2 is 1.90 bits per heavy atom. The Bertz CT molecular complexity index is 1070. The number of carbonyl (C=O) groups is 2. The minimum atomic E-state index is -4.76. The van der Waals surface area contributed by atoms with Crippen LogP contribution in [-0.4, -0.2) is 38.2 Å². The van der Waals surface area contributed by atoms with Crippen LogP contribution in [0.15, 0.2) is 10.9 Å². The number of aromatic nitrogens is 2. The molecule has 2 aromatic rings. The topological polar surface area (TPSA) is 122 Å². The van der Waals surface area contributed by atoms with Crippen molar-refractivity contribution >= 4 is 22.9 Å². The highest BCUT2D eigenvalue weighted by Crippen LogP contribution is 2.42. The maximum Gasteiger partial charge on any atom is 0.433 e. The normalized spacial score (nSPS) is 15.3. The molecule has 0 spiro atoms. The van der Waals surface area contributed by atoms with Crippen LogP contribution in [0.25, 0.3) is 11.0 Å². The number of alkyl halides is 3. The van der Waals surface area contributed by atoms with Gasteiger partial charge in [-0.05, 0) is 30.4 Å². The predicted molar refractivity (Wildman–Crippen MR) is 99.4 cm³/mol. The summed E-state index contributed by atoms with van der Waals surface area (Å²) in [6.07, 6.45) is -1.23. The zero-order chi connectivity index (χ0) is 22.2. The first-order valence-electron chi connectivity index (χ1n) is 9.36. The fourth-order valence-electron chi connectivity index (χ4n) is 3.85. The molecule has 0 saturated heterocycles. The molecule has 11 heteroatoms. The molecule has 1 saturated carbocycles. The van der Waals surface area contributed by atoms with Crippen molar-refractivity contribution in [3.05, 3.63) is 33.2 Å². The molecule has 0 bridgehead atoms. The predicted octanol–water partition coefficient (Wildman–Crippen LogP) is 2.52. The first kappa shape index (κ1) is 21.6. The molecular formula is C19H20F3N3O5. The van der Waals surface area contributed by atoms with E-state index in [4.69, 9.17) is 5.11 Å². The number of carboxylic acids is 1. The van der Waals surface area contributed by atoms with E-state index >= 15 is 0 Å². The standard InChI is InChI=1S/C19H20F3N3O5/c1-25-16-11(14(28)13(18(25)30)17(29)23-8-12(26)27)7-10(9-5-3-2-4-6-9)15(24-16)19(20,21)22/h7,9,28H,2-6,8H2,1H3,(H,23,29)(H,26,27). The number of amides is 1. The highest BCUT2D eigenvalue weighted by Gasteiger charge is 2.39. The average molecular weight is 427 g/mol. The summed E-state index contributed by atoms with van der Waals surface area (Å²) in [5.74, 6) is -3.74. The number of hydrogen-bond donors (Lipinski definition) is 3. The molecule has 2 heterocycles. The van der Waals surface area contributed by atoms with E-state index in [2.05, 4.69) is 4.98 Å². The number of carboxylic acid groups (broad SMARTS) is 1. The molecule has 1 fully saturated rings. The van der Waals surface area contributed by atoms with Gasteiger partial charge in [-0.25, -0.2) is 4.98 Å². The first-order valence-corrected chi connectivity index (χ1v) is 9.36. The van der Waals surface area contributed by atoms with E-state index in [0.29, 0.717) is 12.8 Å². The van der Waals surface area contributed by atoms with Crippen LogP contribution in [0.4, 0.5) is 13.2 Å². The molecule has 3 rings (SSSR count). The third-order valence-corrected chi connectivity index (χ3v) is 5.30. The maximum absolute atomic E-state index is 13.7. The zero-order valence-corrected chi connectivity index (χ0v) is 16.0. The van der Waals surface area contributed by atoms with Gasteiger partial charge >= 0.3 is 12.1 Å². The van der Waals surface area contributed by atoms with Crippen molar-refractivity contribution in [2.24, 2.45) is 7.05 Å². The van der Waals surface area contributed by atoms with Crippen LogP contribution < -0.4 is 10.9 Å². The molecule has 1 aliphatic carbocycles. The molecule has 30 heavy (non-hydrogen) atoms. The third kappa shape index (κ3) is 3.96. The summed E-state index contributed by atoms with van der Waals surface area (Å²) < 4.78 is 41.9. The number of aliphatic carboxylic acids is 1. The number of halogens is 3. The van der Waals surface area contributed by atoms with E-state index in [1.165, 1.54) is 0 Å². The lowest BCUT2D eigenvalue weighted by molar-refractivity contribution is -0.142. The van der Waals surface area contributed by atoms with Crippen LogP contribution in [0.1, 0.15) is 59.6 Å². The van der Waals surface area contributed by atoms with Crippen molar-refractivity contribution in [3.63, 3.8) is 0 Å². The second-order valence-electron chi connectivity index (χ2n) is 7.29. The summed E-state index contributed by atoms with van der Waals surface area (Å²) in [4.78, 5) is 39.1. The van der Waals surface area contributed by atoms with Crippen LogP contribution in [-0.2, 0) is 18.0 Å². The van der Waals surface area contributed by atoms with E-state index in [0.717, 1.165) is 36.9 Å². The van der Waals surface area contributed by atoms with Gasteiger partial charge < -0.3 is 15.5 Å². The Labute approximate surface area is 168 Å². The Hall–Kier alpha value is -3.11. The van der Waals surface area contributed by atoms with Crippen LogP contribution in [0, 0.1) is 0 Å². The lowest BCUT2D eigenvalue weighted by atomic mass is 9.83. The van der Waals surface area contributed by atoms with Gasteiger partial charge in [-0.2, -0.15) is 13.2 Å². The largest absolute Gasteiger partial charge is 0.506 e. The Kier molecular flexibility index (Phi) is 5.73. The van der Waals surface area contributed by atoms with E-state index in [1.54, 1.807) is 0 Å². The molecule has 1 aliphatic rings. The van der Waals surface area contributed by atoms with Gasteiger partial charge in [0.15, 0.2) is 0 Å². The van der Waals surface area contributed by atoms with E-state index < -0.39 is 58.7 Å². The second kappa shape index (κ2) is 7.96. The Morgan fingerprint density at radius 1 is 1.27 bits per heavy atom. The smallest absolute Gasteiger partial charge is 0.433 e. The molecule has 0 unspecified atom stereocenters. The quantitative estimate of drug-likeness (QED) is 0.689. The van der Waals surface area contributed by atoms with Gasteiger partial charge in [0.2, 0.25) is 0 Å². The lowest BCUT2D eigenvalue weighted by Crippen LogP contribution is -2.35. The van der Waals surface area contributed by atoms with Crippen molar-refractivity contribution in [1.29, 1.82) is 0 Å². The number of aryl methyl sites for hydroxylation is 1. The minimum absolute atomic E-state index is 0.0828. The summed E-state index contributed by atoms with van der Waals surface area (Å²) in [7, 11) is 1.13. The van der Waals surface area contributed by atoms with Crippen molar-refractivity contribution in [2.45, 2.75) is 44.2 Å². The van der Waals surface area contributed by atoms with Crippen molar-refractivity contribution in [1.82, 2.24) is 14.9 Å². The molecule has 3 N–H and O–H groups in total. The summed E-state index contributed by atoms with van der Waals surface area (Å²) in [6.45, 7) is -0.794. The van der Waals surface area contributed by atoms with Gasteiger partial charge in [-0.3, -0.25) is 19.0 Å².